The Morgan fingerprint density at radius 1 is 0.967 bits per heavy atom. The predicted octanol–water partition coefficient (Wildman–Crippen LogP) is 3.40. The number of hydrogen-bond acceptors (Lipinski definition) is 3. The average Bonchev–Trinajstić information content (AvgIpc) is 3.14. The Morgan fingerprint density at radius 3 is 2.30 bits per heavy atom. The fourth-order valence-corrected chi connectivity index (χ4v) is 4.01. The van der Waals surface area contributed by atoms with Crippen molar-refractivity contribution in [3.8, 4) is 5.75 Å². The lowest BCUT2D eigenvalue weighted by Gasteiger charge is -2.34. The molecule has 2 heterocycles. The first-order chi connectivity index (χ1) is 14.6. The van der Waals surface area contributed by atoms with Crippen LogP contribution in [0.3, 0.4) is 0 Å². The standard InChI is InChI=1S/C24H27N3O3/c1-17-20-5-3-4-6-21(20)25-23(17)24(29)27-15-13-26(14-16-27)22(28)12-9-18-7-10-19(30-2)11-8-18/h3-8,10-11,25H,9,12-16H2,1-2H3. The summed E-state index contributed by atoms with van der Waals surface area (Å²) < 4.78 is 5.17. The summed E-state index contributed by atoms with van der Waals surface area (Å²) in [4.78, 5) is 32.6. The number of rotatable bonds is 5. The minimum Gasteiger partial charge on any atom is -0.497 e. The van der Waals surface area contributed by atoms with E-state index in [0.717, 1.165) is 27.8 Å². The molecule has 0 aliphatic carbocycles. The summed E-state index contributed by atoms with van der Waals surface area (Å²) in [5.74, 6) is 0.963. The van der Waals surface area contributed by atoms with Crippen LogP contribution in [0.1, 0.15) is 28.0 Å². The second kappa shape index (κ2) is 8.61. The Hall–Kier alpha value is -3.28. The molecule has 0 bridgehead atoms. The molecule has 156 valence electrons. The number of aromatic amines is 1. The molecule has 1 aromatic heterocycles. The number of amides is 2. The minimum atomic E-state index is 0.00836. The number of piperazine rings is 1. The summed E-state index contributed by atoms with van der Waals surface area (Å²) >= 11 is 0. The third-order valence-electron chi connectivity index (χ3n) is 5.89. The van der Waals surface area contributed by atoms with E-state index in [4.69, 9.17) is 4.74 Å². The third kappa shape index (κ3) is 4.03. The Balaban J connectivity index is 1.32. The molecular formula is C24H27N3O3. The van der Waals surface area contributed by atoms with Crippen LogP contribution in [0.15, 0.2) is 48.5 Å². The maximum atomic E-state index is 13.0. The van der Waals surface area contributed by atoms with Gasteiger partial charge in [0.1, 0.15) is 11.4 Å². The first-order valence-electron chi connectivity index (χ1n) is 10.3. The Morgan fingerprint density at radius 2 is 1.63 bits per heavy atom. The lowest BCUT2D eigenvalue weighted by atomic mass is 10.1. The fraction of sp³-hybridized carbons (Fsp3) is 0.333. The van der Waals surface area contributed by atoms with Crippen molar-refractivity contribution in [3.05, 3.63) is 65.4 Å². The van der Waals surface area contributed by atoms with E-state index in [1.54, 1.807) is 7.11 Å². The molecule has 30 heavy (non-hydrogen) atoms. The van der Waals surface area contributed by atoms with Crippen molar-refractivity contribution in [2.24, 2.45) is 0 Å². The van der Waals surface area contributed by atoms with Crippen molar-refractivity contribution in [3.63, 3.8) is 0 Å². The maximum Gasteiger partial charge on any atom is 0.270 e. The lowest BCUT2D eigenvalue weighted by molar-refractivity contribution is -0.132. The van der Waals surface area contributed by atoms with Crippen LogP contribution in [0.2, 0.25) is 0 Å². The molecule has 4 rings (SSSR count). The number of aryl methyl sites for hydroxylation is 2. The van der Waals surface area contributed by atoms with Gasteiger partial charge >= 0.3 is 0 Å². The summed E-state index contributed by atoms with van der Waals surface area (Å²) in [6, 6.07) is 15.8. The molecule has 0 radical (unpaired) electrons. The van der Waals surface area contributed by atoms with Crippen LogP contribution in [0, 0.1) is 6.92 Å². The summed E-state index contributed by atoms with van der Waals surface area (Å²) in [5.41, 5.74) is 3.72. The number of carbonyl (C=O) groups is 2. The van der Waals surface area contributed by atoms with E-state index in [1.807, 2.05) is 65.3 Å². The van der Waals surface area contributed by atoms with Crippen LogP contribution in [-0.4, -0.2) is 59.9 Å². The normalized spacial score (nSPS) is 14.2. The maximum absolute atomic E-state index is 13.0. The van der Waals surface area contributed by atoms with E-state index >= 15 is 0 Å². The highest BCUT2D eigenvalue weighted by atomic mass is 16.5. The number of fused-ring (bicyclic) bond motifs is 1. The van der Waals surface area contributed by atoms with Crippen LogP contribution in [0.4, 0.5) is 0 Å². The van der Waals surface area contributed by atoms with Gasteiger partial charge in [-0.25, -0.2) is 0 Å². The Kier molecular flexibility index (Phi) is 5.74. The average molecular weight is 405 g/mol. The number of para-hydroxylation sites is 1. The molecule has 1 N–H and O–H groups in total. The number of H-pyrrole nitrogens is 1. The highest BCUT2D eigenvalue weighted by Gasteiger charge is 2.26. The van der Waals surface area contributed by atoms with Gasteiger partial charge in [-0.1, -0.05) is 30.3 Å². The molecule has 2 aromatic carbocycles. The first-order valence-corrected chi connectivity index (χ1v) is 10.3. The molecule has 3 aromatic rings. The van der Waals surface area contributed by atoms with Gasteiger partial charge in [0.05, 0.1) is 7.11 Å². The molecule has 1 fully saturated rings. The minimum absolute atomic E-state index is 0.00836. The number of aromatic nitrogens is 1. The molecule has 6 nitrogen and oxygen atoms in total. The van der Waals surface area contributed by atoms with E-state index < -0.39 is 0 Å². The summed E-state index contributed by atoms with van der Waals surface area (Å²) in [6.45, 7) is 4.24. The molecule has 1 aliphatic rings. The van der Waals surface area contributed by atoms with Gasteiger partial charge in [0.15, 0.2) is 0 Å². The summed E-state index contributed by atoms with van der Waals surface area (Å²) in [7, 11) is 1.64. The number of hydrogen-bond donors (Lipinski definition) is 1. The number of ether oxygens (including phenoxy) is 1. The summed E-state index contributed by atoms with van der Waals surface area (Å²) in [6.07, 6.45) is 1.18. The predicted molar refractivity (Wildman–Crippen MR) is 117 cm³/mol. The number of benzene rings is 2. The highest BCUT2D eigenvalue weighted by molar-refractivity contribution is 6.01. The SMILES string of the molecule is COc1ccc(CCC(=O)N2CCN(C(=O)c3[nH]c4ccccc4c3C)CC2)cc1. The van der Waals surface area contributed by atoms with Crippen molar-refractivity contribution in [1.29, 1.82) is 0 Å². The van der Waals surface area contributed by atoms with Crippen molar-refractivity contribution >= 4 is 22.7 Å². The zero-order chi connectivity index (χ0) is 21.1. The van der Waals surface area contributed by atoms with E-state index in [0.29, 0.717) is 44.7 Å². The number of carbonyl (C=O) groups excluding carboxylic acids is 2. The van der Waals surface area contributed by atoms with E-state index in [1.165, 1.54) is 0 Å². The molecule has 6 heteroatoms. The van der Waals surface area contributed by atoms with Crippen LogP contribution in [-0.2, 0) is 11.2 Å². The van der Waals surface area contributed by atoms with Crippen molar-refractivity contribution in [1.82, 2.24) is 14.8 Å². The van der Waals surface area contributed by atoms with E-state index in [9.17, 15) is 9.59 Å². The largest absolute Gasteiger partial charge is 0.497 e. The zero-order valence-corrected chi connectivity index (χ0v) is 17.5. The van der Waals surface area contributed by atoms with Gasteiger partial charge < -0.3 is 19.5 Å². The van der Waals surface area contributed by atoms with Gasteiger partial charge in [-0.15, -0.1) is 0 Å². The Labute approximate surface area is 176 Å². The third-order valence-corrected chi connectivity index (χ3v) is 5.89. The van der Waals surface area contributed by atoms with Crippen LogP contribution < -0.4 is 4.74 Å². The van der Waals surface area contributed by atoms with Crippen LogP contribution in [0.25, 0.3) is 10.9 Å². The molecule has 1 aliphatic heterocycles. The number of nitrogens with one attached hydrogen (secondary N) is 1. The second-order valence-corrected chi connectivity index (χ2v) is 7.69. The van der Waals surface area contributed by atoms with Gasteiger partial charge in [-0.05, 0) is 42.7 Å². The highest BCUT2D eigenvalue weighted by Crippen LogP contribution is 2.23. The smallest absolute Gasteiger partial charge is 0.270 e. The van der Waals surface area contributed by atoms with E-state index in [-0.39, 0.29) is 11.8 Å². The molecule has 0 spiro atoms. The molecular weight excluding hydrogens is 378 g/mol. The number of nitrogens with zero attached hydrogens (tertiary/aromatic N) is 2. The first kappa shape index (κ1) is 20.0. The van der Waals surface area contributed by atoms with Gasteiger partial charge in [0.25, 0.3) is 5.91 Å². The Bertz CT molecular complexity index is 1050. The van der Waals surface area contributed by atoms with E-state index in [2.05, 4.69) is 4.98 Å². The van der Waals surface area contributed by atoms with Gasteiger partial charge in [-0.2, -0.15) is 0 Å². The summed E-state index contributed by atoms with van der Waals surface area (Å²) in [5, 5.41) is 1.08. The molecule has 0 atom stereocenters. The molecule has 2 amide bonds. The lowest BCUT2D eigenvalue weighted by Crippen LogP contribution is -2.50. The molecule has 1 saturated heterocycles. The fourth-order valence-electron chi connectivity index (χ4n) is 4.01. The van der Waals surface area contributed by atoms with Gasteiger partial charge in [0, 0.05) is 43.5 Å². The topological polar surface area (TPSA) is 65.6 Å². The van der Waals surface area contributed by atoms with Crippen molar-refractivity contribution in [2.75, 3.05) is 33.3 Å². The van der Waals surface area contributed by atoms with Gasteiger partial charge in [0.2, 0.25) is 5.91 Å². The van der Waals surface area contributed by atoms with Crippen molar-refractivity contribution in [2.45, 2.75) is 19.8 Å². The van der Waals surface area contributed by atoms with Crippen LogP contribution >= 0.6 is 0 Å². The quantitative estimate of drug-likeness (QED) is 0.708. The number of methoxy groups -OCH3 is 1. The zero-order valence-electron chi connectivity index (χ0n) is 17.5. The monoisotopic (exact) mass is 405 g/mol. The van der Waals surface area contributed by atoms with Crippen molar-refractivity contribution < 1.29 is 14.3 Å². The van der Waals surface area contributed by atoms with Gasteiger partial charge in [-0.3, -0.25) is 9.59 Å². The molecule has 0 unspecified atom stereocenters. The second-order valence-electron chi connectivity index (χ2n) is 7.69. The van der Waals surface area contributed by atoms with Crippen LogP contribution in [0.5, 0.6) is 5.75 Å². The molecule has 0 saturated carbocycles.